The van der Waals surface area contributed by atoms with Crippen molar-refractivity contribution < 1.29 is 13.2 Å². The maximum absolute atomic E-state index is 12.5. The molecule has 0 heterocycles. The maximum Gasteiger partial charge on any atom is 0.206 e. The van der Waals surface area contributed by atoms with Crippen molar-refractivity contribution in [2.75, 3.05) is 0 Å². The van der Waals surface area contributed by atoms with Gasteiger partial charge in [0.2, 0.25) is 9.84 Å². The predicted octanol–water partition coefficient (Wildman–Crippen LogP) is 5.62. The highest BCUT2D eigenvalue weighted by Gasteiger charge is 2.17. The van der Waals surface area contributed by atoms with Crippen LogP contribution in [0.4, 0.5) is 0 Å². The van der Waals surface area contributed by atoms with Crippen LogP contribution in [0.15, 0.2) is 82.6 Å². The lowest BCUT2D eigenvalue weighted by Gasteiger charge is -2.08. The van der Waals surface area contributed by atoms with Gasteiger partial charge in [0.25, 0.3) is 0 Å². The van der Waals surface area contributed by atoms with Crippen LogP contribution in [0.5, 0.6) is 11.5 Å². The van der Waals surface area contributed by atoms with E-state index in [2.05, 4.69) is 0 Å². The van der Waals surface area contributed by atoms with E-state index in [4.69, 9.17) is 27.9 Å². The molecule has 0 aliphatic carbocycles. The Labute approximate surface area is 150 Å². The normalized spacial score (nSPS) is 11.2. The smallest absolute Gasteiger partial charge is 0.206 e. The molecule has 0 aliphatic rings. The summed E-state index contributed by atoms with van der Waals surface area (Å²) in [5.74, 6) is 1.02. The van der Waals surface area contributed by atoms with E-state index in [-0.39, 0.29) is 9.79 Å². The Hall–Kier alpha value is -2.01. The molecule has 3 aromatic carbocycles. The molecule has 0 aliphatic heterocycles. The number of hydrogen-bond donors (Lipinski definition) is 0. The molecular formula is C18H12Cl2O3S. The third-order valence-corrected chi connectivity index (χ3v) is 5.84. The van der Waals surface area contributed by atoms with E-state index in [1.807, 2.05) is 0 Å². The second-order valence-corrected chi connectivity index (χ2v) is 7.73. The minimum Gasteiger partial charge on any atom is -0.457 e. The molecule has 0 atom stereocenters. The standard InChI is InChI=1S/C18H12Cl2O3S/c19-17-11-8-14(12-18(17)20)23-13-6-9-16(10-7-13)24(21,22)15-4-2-1-3-5-15/h1-12H. The first-order valence-electron chi connectivity index (χ1n) is 7.00. The van der Waals surface area contributed by atoms with Crippen molar-refractivity contribution in [1.82, 2.24) is 0 Å². The van der Waals surface area contributed by atoms with Crippen molar-refractivity contribution in [2.45, 2.75) is 9.79 Å². The second-order valence-electron chi connectivity index (χ2n) is 4.97. The lowest BCUT2D eigenvalue weighted by molar-refractivity contribution is 0.482. The number of hydrogen-bond acceptors (Lipinski definition) is 3. The molecule has 3 aromatic rings. The molecule has 122 valence electrons. The minimum atomic E-state index is -3.54. The van der Waals surface area contributed by atoms with Gasteiger partial charge >= 0.3 is 0 Å². The zero-order chi connectivity index (χ0) is 17.2. The van der Waals surface area contributed by atoms with Crippen molar-refractivity contribution in [3.05, 3.63) is 82.8 Å². The minimum absolute atomic E-state index is 0.204. The van der Waals surface area contributed by atoms with Crippen LogP contribution in [0.1, 0.15) is 0 Å². The first kappa shape index (κ1) is 16.8. The second kappa shape index (κ2) is 6.85. The largest absolute Gasteiger partial charge is 0.457 e. The molecule has 0 radical (unpaired) electrons. The Bertz CT molecular complexity index is 953. The molecule has 3 rings (SSSR count). The molecule has 6 heteroatoms. The molecule has 0 amide bonds. The quantitative estimate of drug-likeness (QED) is 0.591. The number of rotatable bonds is 4. The van der Waals surface area contributed by atoms with E-state index >= 15 is 0 Å². The summed E-state index contributed by atoms with van der Waals surface area (Å²) in [6.07, 6.45) is 0. The van der Waals surface area contributed by atoms with Gasteiger partial charge in [-0.3, -0.25) is 0 Å². The SMILES string of the molecule is O=S(=O)(c1ccccc1)c1ccc(Oc2ccc(Cl)c(Cl)c2)cc1. The Morgan fingerprint density at radius 3 is 1.88 bits per heavy atom. The molecule has 24 heavy (non-hydrogen) atoms. The summed E-state index contributed by atoms with van der Waals surface area (Å²) in [7, 11) is -3.54. The maximum atomic E-state index is 12.5. The van der Waals surface area contributed by atoms with E-state index in [1.165, 1.54) is 12.1 Å². The lowest BCUT2D eigenvalue weighted by atomic mass is 10.3. The van der Waals surface area contributed by atoms with E-state index in [0.717, 1.165) is 0 Å². The topological polar surface area (TPSA) is 43.4 Å². The third-order valence-electron chi connectivity index (χ3n) is 3.31. The summed E-state index contributed by atoms with van der Waals surface area (Å²) in [6.45, 7) is 0. The average molecular weight is 379 g/mol. The number of ether oxygens (including phenoxy) is 1. The Morgan fingerprint density at radius 2 is 1.25 bits per heavy atom. The van der Waals surface area contributed by atoms with Crippen LogP contribution < -0.4 is 4.74 Å². The van der Waals surface area contributed by atoms with Gasteiger partial charge in [0.1, 0.15) is 11.5 Å². The fourth-order valence-corrected chi connectivity index (χ4v) is 3.67. The predicted molar refractivity (Wildman–Crippen MR) is 94.9 cm³/mol. The lowest BCUT2D eigenvalue weighted by Crippen LogP contribution is -2.01. The third kappa shape index (κ3) is 3.56. The van der Waals surface area contributed by atoms with Gasteiger partial charge in [0.05, 0.1) is 19.8 Å². The summed E-state index contributed by atoms with van der Waals surface area (Å²) in [6, 6.07) is 19.4. The van der Waals surface area contributed by atoms with E-state index in [1.54, 1.807) is 60.7 Å². The molecule has 0 bridgehead atoms. The van der Waals surface area contributed by atoms with Gasteiger partial charge in [-0.05, 0) is 48.5 Å². The highest BCUT2D eigenvalue weighted by atomic mass is 35.5. The van der Waals surface area contributed by atoms with Gasteiger partial charge in [-0.2, -0.15) is 0 Å². The van der Waals surface area contributed by atoms with Gasteiger partial charge < -0.3 is 4.74 Å². The fraction of sp³-hybridized carbons (Fsp3) is 0. The zero-order valence-corrected chi connectivity index (χ0v) is 14.6. The summed E-state index contributed by atoms with van der Waals surface area (Å²) in [5.41, 5.74) is 0. The van der Waals surface area contributed by atoms with Crippen molar-refractivity contribution in [2.24, 2.45) is 0 Å². The van der Waals surface area contributed by atoms with Crippen LogP contribution in [-0.4, -0.2) is 8.42 Å². The molecule has 0 saturated carbocycles. The molecule has 0 aromatic heterocycles. The number of sulfone groups is 1. The van der Waals surface area contributed by atoms with Gasteiger partial charge in [-0.15, -0.1) is 0 Å². The van der Waals surface area contributed by atoms with Gasteiger partial charge in [-0.25, -0.2) is 8.42 Å². The Morgan fingerprint density at radius 1 is 0.667 bits per heavy atom. The van der Waals surface area contributed by atoms with Gasteiger partial charge in [-0.1, -0.05) is 41.4 Å². The highest BCUT2D eigenvalue weighted by Crippen LogP contribution is 2.30. The molecule has 0 saturated heterocycles. The number of benzene rings is 3. The molecule has 3 nitrogen and oxygen atoms in total. The first-order valence-corrected chi connectivity index (χ1v) is 9.24. The average Bonchev–Trinajstić information content (AvgIpc) is 2.59. The van der Waals surface area contributed by atoms with Crippen molar-refractivity contribution in [3.8, 4) is 11.5 Å². The Balaban J connectivity index is 1.84. The zero-order valence-electron chi connectivity index (χ0n) is 12.3. The van der Waals surface area contributed by atoms with Gasteiger partial charge in [0, 0.05) is 6.07 Å². The van der Waals surface area contributed by atoms with E-state index in [0.29, 0.717) is 21.5 Å². The molecule has 0 N–H and O–H groups in total. The van der Waals surface area contributed by atoms with Crippen LogP contribution in [0.25, 0.3) is 0 Å². The Kier molecular flexibility index (Phi) is 4.81. The van der Waals surface area contributed by atoms with Gasteiger partial charge in [0.15, 0.2) is 0 Å². The summed E-state index contributed by atoms with van der Waals surface area (Å²) in [5, 5.41) is 0.825. The summed E-state index contributed by atoms with van der Waals surface area (Å²) < 4.78 is 30.7. The van der Waals surface area contributed by atoms with E-state index in [9.17, 15) is 8.42 Å². The van der Waals surface area contributed by atoms with Crippen LogP contribution >= 0.6 is 23.2 Å². The molecule has 0 spiro atoms. The monoisotopic (exact) mass is 378 g/mol. The van der Waals surface area contributed by atoms with Crippen molar-refractivity contribution >= 4 is 33.0 Å². The molecule has 0 unspecified atom stereocenters. The summed E-state index contributed by atoms with van der Waals surface area (Å²) in [4.78, 5) is 0.457. The van der Waals surface area contributed by atoms with Crippen LogP contribution in [0.3, 0.4) is 0 Å². The fourth-order valence-electron chi connectivity index (χ4n) is 2.10. The molecule has 0 fully saturated rings. The first-order chi connectivity index (χ1) is 11.5. The van der Waals surface area contributed by atoms with Crippen molar-refractivity contribution in [1.29, 1.82) is 0 Å². The molecular weight excluding hydrogens is 367 g/mol. The van der Waals surface area contributed by atoms with Crippen molar-refractivity contribution in [3.63, 3.8) is 0 Å². The van der Waals surface area contributed by atoms with E-state index < -0.39 is 9.84 Å². The number of halogens is 2. The summed E-state index contributed by atoms with van der Waals surface area (Å²) >= 11 is 11.8. The van der Waals surface area contributed by atoms with Crippen LogP contribution in [0.2, 0.25) is 10.0 Å². The van der Waals surface area contributed by atoms with Crippen LogP contribution in [-0.2, 0) is 9.84 Å². The highest BCUT2D eigenvalue weighted by molar-refractivity contribution is 7.91. The van der Waals surface area contributed by atoms with Crippen LogP contribution in [0, 0.1) is 0 Å².